The van der Waals surface area contributed by atoms with Gasteiger partial charge in [0.25, 0.3) is 5.91 Å². The molecule has 4 N–H and O–H groups in total. The molecule has 8 heteroatoms. The average Bonchev–Trinajstić information content (AvgIpc) is 3.19. The summed E-state index contributed by atoms with van der Waals surface area (Å²) >= 11 is 1.51. The first-order chi connectivity index (χ1) is 13.6. The maximum atomic E-state index is 13.1. The van der Waals surface area contributed by atoms with E-state index in [0.717, 1.165) is 52.9 Å². The van der Waals surface area contributed by atoms with E-state index in [-0.39, 0.29) is 5.91 Å². The molecule has 144 valence electrons. The minimum atomic E-state index is 0.0318. The second-order valence-corrected chi connectivity index (χ2v) is 8.41. The van der Waals surface area contributed by atoms with E-state index in [1.54, 1.807) is 11.7 Å². The van der Waals surface area contributed by atoms with Crippen molar-refractivity contribution in [2.45, 2.75) is 25.2 Å². The SMILES string of the molecule is CN1CC(CC2CC2)c2[nH]c(-c3ccnc(N)c3)c(Nc3cscn3)c2C1=O. The highest BCUT2D eigenvalue weighted by Gasteiger charge is 2.38. The van der Waals surface area contributed by atoms with Crippen molar-refractivity contribution >= 4 is 34.6 Å². The van der Waals surface area contributed by atoms with Crippen LogP contribution in [-0.2, 0) is 0 Å². The molecule has 1 unspecified atom stereocenters. The number of amides is 1. The van der Waals surface area contributed by atoms with Gasteiger partial charge in [-0.2, -0.15) is 0 Å². The number of nitrogens with one attached hydrogen (secondary N) is 2. The van der Waals surface area contributed by atoms with Gasteiger partial charge in [-0.15, -0.1) is 11.3 Å². The Bertz CT molecular complexity index is 1020. The molecular formula is C20H22N6OS. The summed E-state index contributed by atoms with van der Waals surface area (Å²) in [6, 6.07) is 3.73. The van der Waals surface area contributed by atoms with Crippen LogP contribution in [0, 0.1) is 5.92 Å². The number of hydrogen-bond donors (Lipinski definition) is 3. The number of aromatic amines is 1. The van der Waals surface area contributed by atoms with E-state index in [0.29, 0.717) is 11.7 Å². The predicted octanol–water partition coefficient (Wildman–Crippen LogP) is 3.83. The van der Waals surface area contributed by atoms with Crippen LogP contribution >= 0.6 is 11.3 Å². The highest BCUT2D eigenvalue weighted by Crippen LogP contribution is 2.45. The molecule has 0 bridgehead atoms. The molecule has 0 radical (unpaired) electrons. The van der Waals surface area contributed by atoms with Crippen LogP contribution in [0.25, 0.3) is 11.3 Å². The zero-order chi connectivity index (χ0) is 19.3. The van der Waals surface area contributed by atoms with Crippen molar-refractivity contribution < 1.29 is 4.79 Å². The molecule has 7 nitrogen and oxygen atoms in total. The van der Waals surface area contributed by atoms with E-state index in [1.165, 1.54) is 24.2 Å². The van der Waals surface area contributed by atoms with Gasteiger partial charge in [-0.3, -0.25) is 4.79 Å². The molecule has 3 aromatic heterocycles. The Morgan fingerprint density at radius 3 is 2.96 bits per heavy atom. The fraction of sp³-hybridized carbons (Fsp3) is 0.350. The first-order valence-corrected chi connectivity index (χ1v) is 10.4. The number of carbonyl (C=O) groups is 1. The van der Waals surface area contributed by atoms with Crippen molar-refractivity contribution in [2.24, 2.45) is 5.92 Å². The normalized spacial score (nSPS) is 19.0. The lowest BCUT2D eigenvalue weighted by Crippen LogP contribution is -2.37. The van der Waals surface area contributed by atoms with Gasteiger partial charge in [-0.05, 0) is 24.5 Å². The average molecular weight is 395 g/mol. The van der Waals surface area contributed by atoms with E-state index in [2.05, 4.69) is 20.3 Å². The van der Waals surface area contributed by atoms with E-state index in [9.17, 15) is 4.79 Å². The number of nitrogen functional groups attached to an aromatic ring is 1. The maximum Gasteiger partial charge on any atom is 0.257 e. The van der Waals surface area contributed by atoms with E-state index >= 15 is 0 Å². The van der Waals surface area contributed by atoms with Crippen molar-refractivity contribution in [3.63, 3.8) is 0 Å². The van der Waals surface area contributed by atoms with E-state index < -0.39 is 0 Å². The Hall–Kier alpha value is -2.87. The molecule has 1 amide bonds. The number of thiazole rings is 1. The van der Waals surface area contributed by atoms with Gasteiger partial charge in [-0.1, -0.05) is 12.8 Å². The summed E-state index contributed by atoms with van der Waals surface area (Å²) in [5.41, 5.74) is 12.0. The third kappa shape index (κ3) is 3.03. The molecule has 1 aliphatic heterocycles. The zero-order valence-corrected chi connectivity index (χ0v) is 16.4. The molecule has 0 aromatic carbocycles. The number of anilines is 3. The minimum Gasteiger partial charge on any atom is -0.384 e. The van der Waals surface area contributed by atoms with Gasteiger partial charge >= 0.3 is 0 Å². The van der Waals surface area contributed by atoms with Crippen molar-refractivity contribution in [2.75, 3.05) is 24.6 Å². The number of H-pyrrole nitrogens is 1. The third-order valence-corrected chi connectivity index (χ3v) is 6.15. The highest BCUT2D eigenvalue weighted by atomic mass is 32.1. The van der Waals surface area contributed by atoms with Gasteiger partial charge in [-0.25, -0.2) is 9.97 Å². The second-order valence-electron chi connectivity index (χ2n) is 7.69. The topological polar surface area (TPSA) is 99.9 Å². The van der Waals surface area contributed by atoms with Crippen LogP contribution in [0.3, 0.4) is 0 Å². The highest BCUT2D eigenvalue weighted by molar-refractivity contribution is 7.07. The van der Waals surface area contributed by atoms with E-state index in [1.807, 2.05) is 29.5 Å². The molecule has 5 rings (SSSR count). The number of carbonyl (C=O) groups excluding carboxylic acids is 1. The largest absolute Gasteiger partial charge is 0.384 e. The van der Waals surface area contributed by atoms with Gasteiger partial charge < -0.3 is 20.9 Å². The van der Waals surface area contributed by atoms with Crippen LogP contribution in [0.5, 0.6) is 0 Å². The Labute approximate surface area is 167 Å². The number of pyridine rings is 1. The quantitative estimate of drug-likeness (QED) is 0.611. The summed E-state index contributed by atoms with van der Waals surface area (Å²) in [5.74, 6) is 2.30. The summed E-state index contributed by atoms with van der Waals surface area (Å²) < 4.78 is 0. The van der Waals surface area contributed by atoms with Crippen LogP contribution in [0.4, 0.5) is 17.3 Å². The second kappa shape index (κ2) is 6.63. The van der Waals surface area contributed by atoms with Gasteiger partial charge in [0.2, 0.25) is 0 Å². The molecule has 3 aromatic rings. The lowest BCUT2D eigenvalue weighted by Gasteiger charge is -2.30. The molecule has 28 heavy (non-hydrogen) atoms. The summed E-state index contributed by atoms with van der Waals surface area (Å²) in [4.78, 5) is 27.0. The fourth-order valence-electron chi connectivity index (χ4n) is 4.04. The van der Waals surface area contributed by atoms with E-state index in [4.69, 9.17) is 5.73 Å². The monoisotopic (exact) mass is 394 g/mol. The Kier molecular flexibility index (Phi) is 4.08. The summed E-state index contributed by atoms with van der Waals surface area (Å²) in [6.07, 6.45) is 5.38. The first-order valence-electron chi connectivity index (χ1n) is 9.48. The smallest absolute Gasteiger partial charge is 0.257 e. The number of fused-ring (bicyclic) bond motifs is 1. The number of nitrogens with two attached hydrogens (primary N) is 1. The van der Waals surface area contributed by atoms with Gasteiger partial charge in [0, 0.05) is 42.3 Å². The maximum absolute atomic E-state index is 13.1. The van der Waals surface area contributed by atoms with Crippen LogP contribution in [0.15, 0.2) is 29.2 Å². The van der Waals surface area contributed by atoms with Crippen molar-refractivity contribution in [3.05, 3.63) is 40.5 Å². The first kappa shape index (κ1) is 17.2. The fourth-order valence-corrected chi connectivity index (χ4v) is 4.52. The number of aromatic nitrogens is 3. The summed E-state index contributed by atoms with van der Waals surface area (Å²) in [6.45, 7) is 0.747. The molecule has 0 saturated heterocycles. The minimum absolute atomic E-state index is 0.0318. The van der Waals surface area contributed by atoms with Gasteiger partial charge in [0.15, 0.2) is 0 Å². The molecule has 1 fully saturated rings. The van der Waals surface area contributed by atoms with Crippen LogP contribution in [-0.4, -0.2) is 39.4 Å². The lowest BCUT2D eigenvalue weighted by molar-refractivity contribution is 0.0762. The van der Waals surface area contributed by atoms with Crippen LogP contribution in [0.2, 0.25) is 0 Å². The molecule has 2 aliphatic rings. The number of likely N-dealkylation sites (N-methyl/N-ethyl adjacent to an activating group) is 1. The molecule has 4 heterocycles. The van der Waals surface area contributed by atoms with Crippen LogP contribution < -0.4 is 11.1 Å². The third-order valence-electron chi connectivity index (χ3n) is 5.56. The molecule has 1 atom stereocenters. The Balaban J connectivity index is 1.67. The molecule has 1 aliphatic carbocycles. The zero-order valence-electron chi connectivity index (χ0n) is 15.6. The number of nitrogens with zero attached hydrogens (tertiary/aromatic N) is 3. The summed E-state index contributed by atoms with van der Waals surface area (Å²) in [7, 11) is 1.88. The predicted molar refractivity (Wildman–Crippen MR) is 111 cm³/mol. The van der Waals surface area contributed by atoms with Crippen molar-refractivity contribution in [1.29, 1.82) is 0 Å². The summed E-state index contributed by atoms with van der Waals surface area (Å²) in [5, 5.41) is 5.31. The van der Waals surface area contributed by atoms with Gasteiger partial charge in [0.1, 0.15) is 11.6 Å². The molecular weight excluding hydrogens is 372 g/mol. The van der Waals surface area contributed by atoms with Crippen molar-refractivity contribution in [3.8, 4) is 11.3 Å². The lowest BCUT2D eigenvalue weighted by atomic mass is 9.90. The molecule has 0 spiro atoms. The Morgan fingerprint density at radius 2 is 2.25 bits per heavy atom. The van der Waals surface area contributed by atoms with Crippen molar-refractivity contribution in [1.82, 2.24) is 19.9 Å². The molecule has 1 saturated carbocycles. The number of hydrogen-bond acceptors (Lipinski definition) is 6. The standard InChI is InChI=1S/C20H22N6OS/c1-26-8-13(6-11-2-3-11)17-16(20(26)27)19(24-15-9-28-10-23-15)18(25-17)12-4-5-22-14(21)7-12/h4-5,7,9-11,13,24-25H,2-3,6,8H2,1H3,(H2,21,22). The Morgan fingerprint density at radius 1 is 1.39 bits per heavy atom. The number of rotatable bonds is 5. The van der Waals surface area contributed by atoms with Crippen LogP contribution in [0.1, 0.15) is 41.2 Å². The van der Waals surface area contributed by atoms with Gasteiger partial charge in [0.05, 0.1) is 22.5 Å².